The van der Waals surface area contributed by atoms with Gasteiger partial charge in [-0.3, -0.25) is 4.57 Å². The van der Waals surface area contributed by atoms with Crippen molar-refractivity contribution in [3.05, 3.63) is 139 Å². The zero-order chi connectivity index (χ0) is 29.2. The van der Waals surface area contributed by atoms with E-state index in [1.54, 1.807) is 6.33 Å². The van der Waals surface area contributed by atoms with Crippen molar-refractivity contribution in [1.29, 1.82) is 0 Å². The molecule has 0 aliphatic heterocycles. The summed E-state index contributed by atoms with van der Waals surface area (Å²) < 4.78 is 10.7. The third-order valence-electron chi connectivity index (χ3n) is 8.51. The SMILES string of the molecule is Cc1ccccc1-c1cccc2c1c1ccc(Oc3ccc4c5ccccc5n(-c5ccccn5)c4c3)cc1c1ncnn21. The first-order valence-corrected chi connectivity index (χ1v) is 14.6. The van der Waals surface area contributed by atoms with Crippen LogP contribution in [0.15, 0.2) is 134 Å². The van der Waals surface area contributed by atoms with Gasteiger partial charge in [0.05, 0.1) is 16.6 Å². The van der Waals surface area contributed by atoms with Crippen LogP contribution in [-0.2, 0) is 0 Å². The van der Waals surface area contributed by atoms with Gasteiger partial charge in [0, 0.05) is 33.8 Å². The number of aromatic nitrogens is 5. The van der Waals surface area contributed by atoms with Crippen molar-refractivity contribution in [2.45, 2.75) is 6.92 Å². The van der Waals surface area contributed by atoms with E-state index < -0.39 is 0 Å². The minimum absolute atomic E-state index is 0.731. The molecule has 4 aromatic heterocycles. The molecule has 0 amide bonds. The van der Waals surface area contributed by atoms with E-state index in [0.29, 0.717) is 0 Å². The van der Waals surface area contributed by atoms with Crippen molar-refractivity contribution in [3.63, 3.8) is 0 Å². The second-order valence-electron chi connectivity index (χ2n) is 11.0. The van der Waals surface area contributed by atoms with Crippen molar-refractivity contribution in [3.8, 4) is 28.4 Å². The van der Waals surface area contributed by atoms with Crippen LogP contribution in [0, 0.1) is 6.92 Å². The maximum atomic E-state index is 6.56. The molecular weight excluding hydrogens is 542 g/mol. The zero-order valence-corrected chi connectivity index (χ0v) is 23.8. The minimum Gasteiger partial charge on any atom is -0.457 e. The van der Waals surface area contributed by atoms with Gasteiger partial charge in [-0.15, -0.1) is 0 Å². The molecule has 6 heteroatoms. The number of hydrogen-bond acceptors (Lipinski definition) is 4. The summed E-state index contributed by atoms with van der Waals surface area (Å²) in [7, 11) is 0. The number of ether oxygens (including phenoxy) is 1. The number of benzene rings is 5. The summed E-state index contributed by atoms with van der Waals surface area (Å²) in [5.74, 6) is 2.35. The third-order valence-corrected chi connectivity index (χ3v) is 8.51. The number of rotatable bonds is 4. The Morgan fingerprint density at radius 3 is 2.20 bits per heavy atom. The topological polar surface area (TPSA) is 57.2 Å². The minimum atomic E-state index is 0.731. The second kappa shape index (κ2) is 9.51. The monoisotopic (exact) mass is 567 g/mol. The third kappa shape index (κ3) is 3.64. The van der Waals surface area contributed by atoms with Gasteiger partial charge in [0.15, 0.2) is 5.65 Å². The molecule has 208 valence electrons. The van der Waals surface area contributed by atoms with Crippen molar-refractivity contribution in [2.24, 2.45) is 0 Å². The van der Waals surface area contributed by atoms with E-state index in [4.69, 9.17) is 4.74 Å². The Labute approximate surface area is 252 Å². The zero-order valence-electron chi connectivity index (χ0n) is 23.8. The van der Waals surface area contributed by atoms with E-state index in [-0.39, 0.29) is 0 Å². The summed E-state index contributed by atoms with van der Waals surface area (Å²) in [5.41, 5.74) is 7.56. The molecule has 0 radical (unpaired) electrons. The highest BCUT2D eigenvalue weighted by molar-refractivity contribution is 6.17. The summed E-state index contributed by atoms with van der Waals surface area (Å²) in [6.45, 7) is 2.15. The van der Waals surface area contributed by atoms with Gasteiger partial charge < -0.3 is 4.74 Å². The van der Waals surface area contributed by atoms with Crippen LogP contribution in [0.5, 0.6) is 11.5 Å². The summed E-state index contributed by atoms with van der Waals surface area (Å²) >= 11 is 0. The van der Waals surface area contributed by atoms with E-state index >= 15 is 0 Å². The molecule has 0 fully saturated rings. The quantitative estimate of drug-likeness (QED) is 0.199. The van der Waals surface area contributed by atoms with Crippen LogP contribution in [0.3, 0.4) is 0 Å². The van der Waals surface area contributed by atoms with Crippen molar-refractivity contribution in [1.82, 2.24) is 24.1 Å². The van der Waals surface area contributed by atoms with Gasteiger partial charge in [-0.1, -0.05) is 60.7 Å². The van der Waals surface area contributed by atoms with Crippen LogP contribution >= 0.6 is 0 Å². The molecule has 0 aliphatic carbocycles. The normalized spacial score (nSPS) is 11.8. The number of fused-ring (bicyclic) bond motifs is 9. The van der Waals surface area contributed by atoms with E-state index in [1.807, 2.05) is 41.0 Å². The van der Waals surface area contributed by atoms with Gasteiger partial charge in [-0.2, -0.15) is 5.10 Å². The van der Waals surface area contributed by atoms with Crippen LogP contribution in [-0.4, -0.2) is 24.1 Å². The highest BCUT2D eigenvalue weighted by Crippen LogP contribution is 2.39. The molecule has 0 bridgehead atoms. The van der Waals surface area contributed by atoms with E-state index in [0.717, 1.165) is 61.1 Å². The molecule has 0 aliphatic rings. The maximum absolute atomic E-state index is 6.56. The standard InChI is InChI=1S/C38H25N5O/c1-24-9-2-3-10-27(24)30-12-8-14-34-37(30)31-19-17-25(21-32(31)38-40-23-41-43(34)38)44-26-16-18-29-28-11-4-5-13-33(28)42(35(29)22-26)36-15-6-7-20-39-36/h2-23H,1H3. The average Bonchev–Trinajstić information content (AvgIpc) is 3.69. The van der Waals surface area contributed by atoms with Gasteiger partial charge >= 0.3 is 0 Å². The average molecular weight is 568 g/mol. The Morgan fingerprint density at radius 2 is 1.32 bits per heavy atom. The summed E-state index contributed by atoms with van der Waals surface area (Å²) in [6.07, 6.45) is 3.44. The number of aryl methyl sites for hydroxylation is 1. The van der Waals surface area contributed by atoms with Crippen LogP contribution in [0.2, 0.25) is 0 Å². The second-order valence-corrected chi connectivity index (χ2v) is 11.0. The predicted molar refractivity (Wildman–Crippen MR) is 177 cm³/mol. The van der Waals surface area contributed by atoms with Gasteiger partial charge in [0.1, 0.15) is 23.6 Å². The van der Waals surface area contributed by atoms with Crippen molar-refractivity contribution < 1.29 is 4.74 Å². The Hall–Kier alpha value is -6.01. The van der Waals surface area contributed by atoms with Crippen LogP contribution < -0.4 is 4.74 Å². The first kappa shape index (κ1) is 24.6. The Bertz CT molecular complexity index is 2550. The van der Waals surface area contributed by atoms with Gasteiger partial charge in [0.2, 0.25) is 0 Å². The van der Waals surface area contributed by atoms with Crippen molar-refractivity contribution >= 4 is 49.1 Å². The molecule has 0 saturated heterocycles. The largest absolute Gasteiger partial charge is 0.457 e. The van der Waals surface area contributed by atoms with E-state index in [1.165, 1.54) is 22.1 Å². The van der Waals surface area contributed by atoms with Crippen LogP contribution in [0.25, 0.3) is 66.1 Å². The predicted octanol–water partition coefficient (Wildman–Crippen LogP) is 9.30. The molecule has 0 atom stereocenters. The molecule has 0 unspecified atom stereocenters. The number of hydrogen-bond donors (Lipinski definition) is 0. The molecule has 44 heavy (non-hydrogen) atoms. The lowest BCUT2D eigenvalue weighted by Gasteiger charge is -2.15. The molecule has 5 aromatic carbocycles. The van der Waals surface area contributed by atoms with Crippen LogP contribution in [0.4, 0.5) is 0 Å². The highest BCUT2D eigenvalue weighted by atomic mass is 16.5. The molecule has 0 spiro atoms. The Kier molecular flexibility index (Phi) is 5.31. The summed E-state index contributed by atoms with van der Waals surface area (Å²) in [5, 5.41) is 10.2. The lowest BCUT2D eigenvalue weighted by molar-refractivity contribution is 0.484. The number of para-hydroxylation sites is 1. The highest BCUT2D eigenvalue weighted by Gasteiger charge is 2.17. The molecule has 9 rings (SSSR count). The fourth-order valence-corrected chi connectivity index (χ4v) is 6.57. The first-order valence-electron chi connectivity index (χ1n) is 14.6. The first-order chi connectivity index (χ1) is 21.7. The molecule has 0 N–H and O–H groups in total. The fourth-order valence-electron chi connectivity index (χ4n) is 6.57. The van der Waals surface area contributed by atoms with Crippen LogP contribution in [0.1, 0.15) is 5.56 Å². The number of pyridine rings is 2. The van der Waals surface area contributed by atoms with Gasteiger partial charge in [-0.05, 0) is 83.6 Å². The van der Waals surface area contributed by atoms with E-state index in [2.05, 4.69) is 118 Å². The molecule has 4 heterocycles. The number of nitrogens with zero attached hydrogens (tertiary/aromatic N) is 5. The lowest BCUT2D eigenvalue weighted by atomic mass is 9.94. The maximum Gasteiger partial charge on any atom is 0.163 e. The smallest absolute Gasteiger partial charge is 0.163 e. The fraction of sp³-hybridized carbons (Fsp3) is 0.0263. The Morgan fingerprint density at radius 1 is 0.568 bits per heavy atom. The van der Waals surface area contributed by atoms with Gasteiger partial charge in [-0.25, -0.2) is 14.5 Å². The Balaban J connectivity index is 1.23. The molecule has 9 aromatic rings. The molecular formula is C38H25N5O. The molecule has 0 saturated carbocycles. The lowest BCUT2D eigenvalue weighted by Crippen LogP contribution is -1.97. The van der Waals surface area contributed by atoms with Crippen molar-refractivity contribution in [2.75, 3.05) is 0 Å². The van der Waals surface area contributed by atoms with E-state index in [9.17, 15) is 0 Å². The molecule has 6 nitrogen and oxygen atoms in total. The summed E-state index contributed by atoms with van der Waals surface area (Å²) in [4.78, 5) is 9.32. The summed E-state index contributed by atoms with van der Waals surface area (Å²) in [6, 6.07) is 41.8. The van der Waals surface area contributed by atoms with Gasteiger partial charge in [0.25, 0.3) is 0 Å².